The molecule has 0 bridgehead atoms. The Hall–Kier alpha value is -0.500. The van der Waals surface area contributed by atoms with Crippen molar-refractivity contribution in [2.75, 3.05) is 0 Å². The Labute approximate surface area is 50.0 Å². The lowest BCUT2D eigenvalue weighted by Crippen LogP contribution is -1.82. The van der Waals surface area contributed by atoms with Crippen molar-refractivity contribution in [3.05, 3.63) is 19.4 Å². The van der Waals surface area contributed by atoms with E-state index in [0.29, 0.717) is 0 Å². The quantitative estimate of drug-likeness (QED) is 0.236. The van der Waals surface area contributed by atoms with E-state index in [1.165, 1.54) is 6.26 Å². The van der Waals surface area contributed by atoms with Crippen LogP contribution in [-0.2, 0) is 9.78 Å². The highest BCUT2D eigenvalue weighted by molar-refractivity contribution is 4.46. The first-order valence-electron chi connectivity index (χ1n) is 2.66. The van der Waals surface area contributed by atoms with Gasteiger partial charge in [0.1, 0.15) is 12.9 Å². The second-order valence-electron chi connectivity index (χ2n) is 1.31. The van der Waals surface area contributed by atoms with Crippen LogP contribution in [0, 0.1) is 6.61 Å². The SMILES string of the molecule is C=COO[CH]CCC. The van der Waals surface area contributed by atoms with E-state index in [9.17, 15) is 0 Å². The lowest BCUT2D eigenvalue weighted by molar-refractivity contribution is -0.219. The minimum Gasteiger partial charge on any atom is -0.346 e. The largest absolute Gasteiger partial charge is 0.346 e. The molecule has 0 fully saturated rings. The summed E-state index contributed by atoms with van der Waals surface area (Å²) in [6.07, 6.45) is 3.22. The Morgan fingerprint density at radius 1 is 1.50 bits per heavy atom. The molecule has 0 aromatic heterocycles. The van der Waals surface area contributed by atoms with Gasteiger partial charge in [0.15, 0.2) is 0 Å². The van der Waals surface area contributed by atoms with Gasteiger partial charge in [0.2, 0.25) is 0 Å². The van der Waals surface area contributed by atoms with Gasteiger partial charge in [-0.2, -0.15) is 4.89 Å². The van der Waals surface area contributed by atoms with Crippen molar-refractivity contribution < 1.29 is 9.78 Å². The molecular formula is C6H11O2. The molecule has 8 heavy (non-hydrogen) atoms. The van der Waals surface area contributed by atoms with Gasteiger partial charge >= 0.3 is 0 Å². The first kappa shape index (κ1) is 7.50. The topological polar surface area (TPSA) is 18.5 Å². The molecule has 47 valence electrons. The van der Waals surface area contributed by atoms with Crippen LogP contribution in [0.1, 0.15) is 19.8 Å². The van der Waals surface area contributed by atoms with Gasteiger partial charge in [0, 0.05) is 0 Å². The molecule has 0 N–H and O–H groups in total. The predicted octanol–water partition coefficient (Wildman–Crippen LogP) is 2.04. The lowest BCUT2D eigenvalue weighted by Gasteiger charge is -1.94. The second-order valence-corrected chi connectivity index (χ2v) is 1.31. The van der Waals surface area contributed by atoms with Crippen molar-refractivity contribution in [3.63, 3.8) is 0 Å². The third-order valence-electron chi connectivity index (χ3n) is 0.598. The van der Waals surface area contributed by atoms with Crippen LogP contribution in [0.4, 0.5) is 0 Å². The molecule has 0 aliphatic heterocycles. The van der Waals surface area contributed by atoms with Crippen molar-refractivity contribution in [3.8, 4) is 0 Å². The van der Waals surface area contributed by atoms with Crippen molar-refractivity contribution >= 4 is 0 Å². The smallest absolute Gasteiger partial charge is 0.135 e. The standard InChI is InChI=1S/C6H11O2/c1-3-5-6-8-7-4-2/h4,6H,2-3,5H2,1H3. The van der Waals surface area contributed by atoms with Crippen LogP contribution < -0.4 is 0 Å². The van der Waals surface area contributed by atoms with Crippen LogP contribution in [0.2, 0.25) is 0 Å². The molecule has 0 atom stereocenters. The fraction of sp³-hybridized carbons (Fsp3) is 0.500. The van der Waals surface area contributed by atoms with E-state index < -0.39 is 0 Å². The molecule has 2 heteroatoms. The van der Waals surface area contributed by atoms with E-state index in [-0.39, 0.29) is 0 Å². The number of unbranched alkanes of at least 4 members (excludes halogenated alkanes) is 1. The summed E-state index contributed by atoms with van der Waals surface area (Å²) in [5.74, 6) is 0. The molecule has 2 nitrogen and oxygen atoms in total. The Morgan fingerprint density at radius 3 is 2.75 bits per heavy atom. The molecule has 0 spiro atoms. The van der Waals surface area contributed by atoms with Crippen LogP contribution in [0.5, 0.6) is 0 Å². The maximum atomic E-state index is 4.48. The Kier molecular flexibility index (Phi) is 6.09. The molecule has 0 unspecified atom stereocenters. The van der Waals surface area contributed by atoms with Gasteiger partial charge in [-0.05, 0) is 6.42 Å². The second kappa shape index (κ2) is 6.50. The molecule has 0 saturated carbocycles. The Bertz CT molecular complexity index is 52.5. The van der Waals surface area contributed by atoms with E-state index in [1.807, 2.05) is 0 Å². The van der Waals surface area contributed by atoms with Crippen LogP contribution in [0.15, 0.2) is 12.8 Å². The van der Waals surface area contributed by atoms with Crippen LogP contribution in [0.25, 0.3) is 0 Å². The minimum absolute atomic E-state index is 0.911. The van der Waals surface area contributed by atoms with Crippen LogP contribution in [-0.4, -0.2) is 0 Å². The predicted molar refractivity (Wildman–Crippen MR) is 31.6 cm³/mol. The Balaban J connectivity index is 2.62. The number of rotatable bonds is 5. The van der Waals surface area contributed by atoms with Gasteiger partial charge in [-0.15, -0.1) is 0 Å². The van der Waals surface area contributed by atoms with Gasteiger partial charge in [-0.1, -0.05) is 19.9 Å². The van der Waals surface area contributed by atoms with Gasteiger partial charge in [0.05, 0.1) is 0 Å². The monoisotopic (exact) mass is 115 g/mol. The van der Waals surface area contributed by atoms with Crippen LogP contribution >= 0.6 is 0 Å². The summed E-state index contributed by atoms with van der Waals surface area (Å²) in [4.78, 5) is 8.82. The number of hydrogen-bond acceptors (Lipinski definition) is 2. The first-order chi connectivity index (χ1) is 3.91. The summed E-state index contributed by atoms with van der Waals surface area (Å²) in [5, 5.41) is 0. The van der Waals surface area contributed by atoms with Gasteiger partial charge in [-0.3, -0.25) is 0 Å². The highest BCUT2D eigenvalue weighted by Gasteiger charge is 1.82. The molecule has 0 aromatic carbocycles. The molecule has 1 radical (unpaired) electrons. The molecule has 0 heterocycles. The maximum Gasteiger partial charge on any atom is 0.135 e. The molecule has 0 aliphatic rings. The van der Waals surface area contributed by atoms with E-state index in [2.05, 4.69) is 23.3 Å². The maximum absolute atomic E-state index is 4.48. The highest BCUT2D eigenvalue weighted by Crippen LogP contribution is 1.93. The van der Waals surface area contributed by atoms with E-state index >= 15 is 0 Å². The minimum atomic E-state index is 0.911. The zero-order valence-corrected chi connectivity index (χ0v) is 5.09. The van der Waals surface area contributed by atoms with Gasteiger partial charge < -0.3 is 4.89 Å². The normalized spacial score (nSPS) is 8.62. The highest BCUT2D eigenvalue weighted by atomic mass is 17.2. The van der Waals surface area contributed by atoms with E-state index in [4.69, 9.17) is 0 Å². The molecule has 0 aromatic rings. The molecule has 0 rings (SSSR count). The fourth-order valence-electron chi connectivity index (χ4n) is 0.245. The summed E-state index contributed by atoms with van der Waals surface area (Å²) in [6, 6.07) is 0. The summed E-state index contributed by atoms with van der Waals surface area (Å²) >= 11 is 0. The molecule has 0 aliphatic carbocycles. The average molecular weight is 115 g/mol. The number of hydrogen-bond donors (Lipinski definition) is 0. The Morgan fingerprint density at radius 2 is 2.25 bits per heavy atom. The average Bonchev–Trinajstić information content (AvgIpc) is 1.81. The molecule has 0 saturated heterocycles. The van der Waals surface area contributed by atoms with E-state index in [0.717, 1.165) is 12.8 Å². The lowest BCUT2D eigenvalue weighted by atomic mass is 10.4. The van der Waals surface area contributed by atoms with Crippen molar-refractivity contribution in [1.29, 1.82) is 0 Å². The molecular weight excluding hydrogens is 104 g/mol. The van der Waals surface area contributed by atoms with Gasteiger partial charge in [0.25, 0.3) is 0 Å². The summed E-state index contributed by atoms with van der Waals surface area (Å²) in [7, 11) is 0. The van der Waals surface area contributed by atoms with Crippen LogP contribution in [0.3, 0.4) is 0 Å². The summed E-state index contributed by atoms with van der Waals surface area (Å²) < 4.78 is 0. The van der Waals surface area contributed by atoms with E-state index in [1.54, 1.807) is 6.61 Å². The zero-order chi connectivity index (χ0) is 6.24. The zero-order valence-electron chi connectivity index (χ0n) is 5.09. The summed E-state index contributed by atoms with van der Waals surface area (Å²) in [6.45, 7) is 6.95. The van der Waals surface area contributed by atoms with Crippen molar-refractivity contribution in [1.82, 2.24) is 0 Å². The summed E-state index contributed by atoms with van der Waals surface area (Å²) in [5.41, 5.74) is 0. The van der Waals surface area contributed by atoms with Crippen molar-refractivity contribution in [2.24, 2.45) is 0 Å². The first-order valence-corrected chi connectivity index (χ1v) is 2.66. The van der Waals surface area contributed by atoms with Gasteiger partial charge in [-0.25, -0.2) is 0 Å². The third-order valence-corrected chi connectivity index (χ3v) is 0.598. The van der Waals surface area contributed by atoms with Crippen molar-refractivity contribution in [2.45, 2.75) is 19.8 Å². The fourth-order valence-corrected chi connectivity index (χ4v) is 0.245. The third kappa shape index (κ3) is 5.50. The molecule has 0 amide bonds.